The molecule has 1 saturated carbocycles. The van der Waals surface area contributed by atoms with Crippen molar-refractivity contribution in [1.82, 2.24) is 4.90 Å². The lowest BCUT2D eigenvalue weighted by Crippen LogP contribution is -2.33. The highest BCUT2D eigenvalue weighted by atomic mass is 19.1. The summed E-state index contributed by atoms with van der Waals surface area (Å²) < 4.78 is 26.9. The van der Waals surface area contributed by atoms with E-state index in [1.807, 2.05) is 6.07 Å². The molecule has 0 heterocycles. The van der Waals surface area contributed by atoms with Crippen LogP contribution in [0.1, 0.15) is 37.7 Å². The molecule has 0 saturated heterocycles. The fraction of sp³-hybridized carbons (Fsp3) is 0.308. The van der Waals surface area contributed by atoms with Crippen LogP contribution in [-0.4, -0.2) is 18.0 Å². The lowest BCUT2D eigenvalue weighted by atomic mass is 9.92. The molecule has 30 heavy (non-hydrogen) atoms. The lowest BCUT2D eigenvalue weighted by molar-refractivity contribution is 0.185. The molecular weight excluding hydrogens is 378 g/mol. The van der Waals surface area contributed by atoms with Crippen molar-refractivity contribution in [2.75, 3.05) is 12.8 Å². The van der Waals surface area contributed by atoms with E-state index >= 15 is 0 Å². The van der Waals surface area contributed by atoms with Crippen LogP contribution < -0.4 is 5.73 Å². The van der Waals surface area contributed by atoms with Crippen LogP contribution in [0.4, 0.5) is 14.5 Å². The van der Waals surface area contributed by atoms with Gasteiger partial charge >= 0.3 is 0 Å². The van der Waals surface area contributed by atoms with Crippen LogP contribution >= 0.6 is 0 Å². The lowest BCUT2D eigenvalue weighted by Gasteiger charge is -2.32. The van der Waals surface area contributed by atoms with Gasteiger partial charge < -0.3 is 5.73 Å². The van der Waals surface area contributed by atoms with Crippen molar-refractivity contribution in [1.29, 1.82) is 0 Å². The maximum Gasteiger partial charge on any atom is 0.123 e. The van der Waals surface area contributed by atoms with E-state index in [0.717, 1.165) is 40.0 Å². The fourth-order valence-corrected chi connectivity index (χ4v) is 4.44. The van der Waals surface area contributed by atoms with Gasteiger partial charge in [0, 0.05) is 23.8 Å². The van der Waals surface area contributed by atoms with Gasteiger partial charge in [-0.2, -0.15) is 0 Å². The van der Waals surface area contributed by atoms with Gasteiger partial charge in [-0.25, -0.2) is 8.78 Å². The zero-order valence-corrected chi connectivity index (χ0v) is 17.4. The smallest absolute Gasteiger partial charge is 0.123 e. The normalized spacial score (nSPS) is 14.9. The van der Waals surface area contributed by atoms with Crippen LogP contribution in [0.15, 0.2) is 60.7 Å². The van der Waals surface area contributed by atoms with Crippen molar-refractivity contribution >= 4 is 5.69 Å². The second-order valence-electron chi connectivity index (χ2n) is 8.32. The molecule has 3 aromatic carbocycles. The molecule has 1 fully saturated rings. The predicted octanol–water partition coefficient (Wildman–Crippen LogP) is 6.65. The van der Waals surface area contributed by atoms with Crippen LogP contribution in [0.3, 0.4) is 0 Å². The third-order valence-electron chi connectivity index (χ3n) is 6.22. The highest BCUT2D eigenvalue weighted by Gasteiger charge is 2.20. The molecule has 0 aliphatic heterocycles. The standard InChI is InChI=1S/C26H28F2N2/c1-30(24-5-3-2-4-6-24)17-21-15-20(18-7-11-22(27)12-8-18)16-25(26(21)29)19-9-13-23(28)14-10-19/h7-16,24H,2-6,17,29H2,1H3. The molecule has 0 bridgehead atoms. The van der Waals surface area contributed by atoms with E-state index in [4.69, 9.17) is 5.73 Å². The summed E-state index contributed by atoms with van der Waals surface area (Å²) in [5.41, 5.74) is 12.1. The Morgan fingerprint density at radius 3 is 1.97 bits per heavy atom. The molecule has 1 aliphatic rings. The maximum absolute atomic E-state index is 13.5. The Hall–Kier alpha value is -2.72. The Balaban J connectivity index is 1.75. The largest absolute Gasteiger partial charge is 0.398 e. The number of hydrogen-bond donors (Lipinski definition) is 1. The van der Waals surface area contributed by atoms with E-state index in [1.54, 1.807) is 24.3 Å². The molecule has 156 valence electrons. The van der Waals surface area contributed by atoms with E-state index in [9.17, 15) is 8.78 Å². The van der Waals surface area contributed by atoms with E-state index in [0.29, 0.717) is 6.04 Å². The number of rotatable bonds is 5. The highest BCUT2D eigenvalue weighted by molar-refractivity contribution is 5.84. The molecule has 0 amide bonds. The Labute approximate surface area is 177 Å². The van der Waals surface area contributed by atoms with Crippen LogP contribution in [0, 0.1) is 11.6 Å². The zero-order chi connectivity index (χ0) is 21.1. The Bertz CT molecular complexity index is 991. The minimum Gasteiger partial charge on any atom is -0.398 e. The Morgan fingerprint density at radius 2 is 1.37 bits per heavy atom. The van der Waals surface area contributed by atoms with Gasteiger partial charge in [0.1, 0.15) is 11.6 Å². The molecule has 4 heteroatoms. The predicted molar refractivity (Wildman–Crippen MR) is 120 cm³/mol. The Morgan fingerprint density at radius 1 is 0.800 bits per heavy atom. The average Bonchev–Trinajstić information content (AvgIpc) is 2.77. The summed E-state index contributed by atoms with van der Waals surface area (Å²) in [5, 5.41) is 0. The molecule has 0 unspecified atom stereocenters. The highest BCUT2D eigenvalue weighted by Crippen LogP contribution is 2.36. The number of anilines is 1. The van der Waals surface area contributed by atoms with Gasteiger partial charge in [0.15, 0.2) is 0 Å². The van der Waals surface area contributed by atoms with E-state index < -0.39 is 0 Å². The van der Waals surface area contributed by atoms with Crippen molar-refractivity contribution in [2.45, 2.75) is 44.7 Å². The molecule has 2 N–H and O–H groups in total. The van der Waals surface area contributed by atoms with Gasteiger partial charge in [0.05, 0.1) is 0 Å². The molecule has 1 aliphatic carbocycles. The first-order valence-corrected chi connectivity index (χ1v) is 10.7. The quantitative estimate of drug-likeness (QED) is 0.481. The minimum absolute atomic E-state index is 0.259. The molecule has 3 aromatic rings. The number of halogens is 2. The summed E-state index contributed by atoms with van der Waals surface area (Å²) in [6, 6.07) is 17.6. The van der Waals surface area contributed by atoms with E-state index in [-0.39, 0.29) is 11.6 Å². The number of benzene rings is 3. The summed E-state index contributed by atoms with van der Waals surface area (Å²) in [5.74, 6) is -0.533. The first-order chi connectivity index (χ1) is 14.5. The molecule has 0 spiro atoms. The van der Waals surface area contributed by atoms with Crippen molar-refractivity contribution in [3.05, 3.63) is 77.9 Å². The summed E-state index contributed by atoms with van der Waals surface area (Å²) >= 11 is 0. The molecule has 0 aromatic heterocycles. The van der Waals surface area contributed by atoms with Gasteiger partial charge in [0.25, 0.3) is 0 Å². The number of hydrogen-bond acceptors (Lipinski definition) is 2. The summed E-state index contributed by atoms with van der Waals surface area (Å²) in [7, 11) is 2.16. The second kappa shape index (κ2) is 8.97. The van der Waals surface area contributed by atoms with E-state index in [2.05, 4.69) is 18.0 Å². The molecule has 0 atom stereocenters. The van der Waals surface area contributed by atoms with Crippen molar-refractivity contribution in [3.8, 4) is 22.3 Å². The average molecular weight is 407 g/mol. The van der Waals surface area contributed by atoms with Crippen LogP contribution in [-0.2, 0) is 6.54 Å². The summed E-state index contributed by atoms with van der Waals surface area (Å²) in [4.78, 5) is 2.40. The van der Waals surface area contributed by atoms with Crippen LogP contribution in [0.2, 0.25) is 0 Å². The zero-order valence-electron chi connectivity index (χ0n) is 17.4. The number of nitrogens with two attached hydrogens (primary N) is 1. The van der Waals surface area contributed by atoms with Crippen molar-refractivity contribution in [2.24, 2.45) is 0 Å². The van der Waals surface area contributed by atoms with Gasteiger partial charge in [-0.3, -0.25) is 4.90 Å². The van der Waals surface area contributed by atoms with Crippen LogP contribution in [0.5, 0.6) is 0 Å². The first-order valence-electron chi connectivity index (χ1n) is 10.7. The second-order valence-corrected chi connectivity index (χ2v) is 8.32. The minimum atomic E-state index is -0.274. The number of nitrogens with zero attached hydrogens (tertiary/aromatic N) is 1. The third kappa shape index (κ3) is 4.54. The fourth-order valence-electron chi connectivity index (χ4n) is 4.44. The van der Waals surface area contributed by atoms with Crippen molar-refractivity contribution < 1.29 is 8.78 Å². The first kappa shape index (κ1) is 20.5. The number of nitrogen functional groups attached to an aromatic ring is 1. The molecule has 2 nitrogen and oxygen atoms in total. The van der Waals surface area contributed by atoms with Crippen molar-refractivity contribution in [3.63, 3.8) is 0 Å². The SMILES string of the molecule is CN(Cc1cc(-c2ccc(F)cc2)cc(-c2ccc(F)cc2)c1N)C1CCCCC1. The van der Waals surface area contributed by atoms with E-state index in [1.165, 1.54) is 56.4 Å². The summed E-state index contributed by atoms with van der Waals surface area (Å²) in [6.07, 6.45) is 6.32. The molecular formula is C26H28F2N2. The topological polar surface area (TPSA) is 29.3 Å². The third-order valence-corrected chi connectivity index (χ3v) is 6.22. The maximum atomic E-state index is 13.5. The van der Waals surface area contributed by atoms with Crippen LogP contribution in [0.25, 0.3) is 22.3 Å². The van der Waals surface area contributed by atoms with Gasteiger partial charge in [-0.1, -0.05) is 43.5 Å². The Kier molecular flexibility index (Phi) is 6.14. The van der Waals surface area contributed by atoms with Gasteiger partial charge in [0.2, 0.25) is 0 Å². The molecule has 0 radical (unpaired) electrons. The molecule has 4 rings (SSSR count). The monoisotopic (exact) mass is 406 g/mol. The van der Waals surface area contributed by atoms with Gasteiger partial charge in [-0.05, 0) is 78.5 Å². The van der Waals surface area contributed by atoms with Gasteiger partial charge in [-0.15, -0.1) is 0 Å². The summed E-state index contributed by atoms with van der Waals surface area (Å²) in [6.45, 7) is 0.750.